The van der Waals surface area contributed by atoms with Crippen molar-refractivity contribution in [2.45, 2.75) is 33.0 Å². The van der Waals surface area contributed by atoms with Crippen molar-refractivity contribution in [2.24, 2.45) is 0 Å². The highest BCUT2D eigenvalue weighted by molar-refractivity contribution is 9.10. The van der Waals surface area contributed by atoms with E-state index in [1.54, 1.807) is 4.90 Å². The molecule has 3 heterocycles. The van der Waals surface area contributed by atoms with Crippen LogP contribution in [0, 0.1) is 0 Å². The van der Waals surface area contributed by atoms with Gasteiger partial charge in [-0.3, -0.25) is 14.4 Å². The van der Waals surface area contributed by atoms with E-state index in [4.69, 9.17) is 5.11 Å². The van der Waals surface area contributed by atoms with E-state index in [9.17, 15) is 14.4 Å². The average molecular weight is 369 g/mol. The lowest BCUT2D eigenvalue weighted by molar-refractivity contribution is -0.137. The number of carbonyl (C=O) groups is 2. The van der Waals surface area contributed by atoms with E-state index in [1.165, 1.54) is 10.6 Å². The third-order valence-electron chi connectivity index (χ3n) is 3.65. The summed E-state index contributed by atoms with van der Waals surface area (Å²) in [7, 11) is 0. The zero-order valence-corrected chi connectivity index (χ0v) is 13.5. The molecule has 0 spiro atoms. The molecule has 1 aliphatic rings. The molecular weight excluding hydrogens is 356 g/mol. The molecule has 1 N–H and O–H groups in total. The number of hydrogen-bond donors (Lipinski definition) is 1. The van der Waals surface area contributed by atoms with Crippen molar-refractivity contribution in [1.29, 1.82) is 0 Å². The number of carbonyl (C=O) groups excluding carboxylic acids is 1. The summed E-state index contributed by atoms with van der Waals surface area (Å²) in [4.78, 5) is 37.8. The molecule has 0 atom stereocenters. The highest BCUT2D eigenvalue weighted by atomic mass is 79.9. The Morgan fingerprint density at radius 1 is 1.45 bits per heavy atom. The molecule has 1 aliphatic heterocycles. The van der Waals surface area contributed by atoms with Gasteiger partial charge in [-0.05, 0) is 29.8 Å². The van der Waals surface area contributed by atoms with Gasteiger partial charge in [0, 0.05) is 12.1 Å². The number of fused-ring (bicyclic) bond motifs is 2. The first-order valence-corrected chi connectivity index (χ1v) is 7.44. The minimum Gasteiger partial charge on any atom is -0.480 e. The van der Waals surface area contributed by atoms with Crippen LogP contribution < -0.4 is 5.56 Å². The van der Waals surface area contributed by atoms with Gasteiger partial charge in [-0.25, -0.2) is 0 Å². The topological polar surface area (TPSA) is 96.9 Å². The average Bonchev–Trinajstić information content (AvgIpc) is 2.96. The predicted octanol–water partition coefficient (Wildman–Crippen LogP) is 0.707. The van der Waals surface area contributed by atoms with Crippen LogP contribution in [0.1, 0.15) is 29.9 Å². The smallest absolute Gasteiger partial charge is 0.323 e. The highest BCUT2D eigenvalue weighted by Gasteiger charge is 2.36. The molecule has 0 aromatic carbocycles. The molecule has 2 aromatic rings. The number of carboxylic acids is 1. The summed E-state index contributed by atoms with van der Waals surface area (Å²) >= 11 is 3.17. The standard InChI is InChI=1S/C13H13BrN4O4/c1-6(2)16-4-7-11(13(16)22)17(5-10(19)20)9-3-8(14)15-18(9)12(7)21/h3,6H,4-5H2,1-2H3,(H,19,20). The summed E-state index contributed by atoms with van der Waals surface area (Å²) in [6, 6.07) is 1.44. The van der Waals surface area contributed by atoms with Gasteiger partial charge in [-0.1, -0.05) is 0 Å². The Morgan fingerprint density at radius 2 is 2.14 bits per heavy atom. The maximum absolute atomic E-state index is 12.6. The molecule has 0 unspecified atom stereocenters. The SMILES string of the molecule is CC(C)N1Cc2c(n(CC(=O)O)c3cc(Br)nn3c2=O)C1=O. The highest BCUT2D eigenvalue weighted by Crippen LogP contribution is 2.24. The Balaban J connectivity index is 2.36. The van der Waals surface area contributed by atoms with E-state index >= 15 is 0 Å². The van der Waals surface area contributed by atoms with Crippen molar-refractivity contribution in [1.82, 2.24) is 19.1 Å². The third-order valence-corrected chi connectivity index (χ3v) is 4.04. The molecule has 1 amide bonds. The second-order valence-electron chi connectivity index (χ2n) is 5.38. The summed E-state index contributed by atoms with van der Waals surface area (Å²) in [6.07, 6.45) is 0. The number of aliphatic carboxylic acids is 1. The van der Waals surface area contributed by atoms with Gasteiger partial charge < -0.3 is 14.6 Å². The van der Waals surface area contributed by atoms with Gasteiger partial charge in [-0.15, -0.1) is 0 Å². The van der Waals surface area contributed by atoms with E-state index in [-0.39, 0.29) is 35.4 Å². The van der Waals surface area contributed by atoms with Crippen molar-refractivity contribution in [3.05, 3.63) is 32.3 Å². The molecule has 2 aromatic heterocycles. The Hall–Kier alpha value is -2.16. The summed E-state index contributed by atoms with van der Waals surface area (Å²) in [6.45, 7) is 3.44. The summed E-state index contributed by atoms with van der Waals surface area (Å²) in [5, 5.41) is 13.2. The quantitative estimate of drug-likeness (QED) is 0.860. The van der Waals surface area contributed by atoms with Crippen LogP contribution >= 0.6 is 15.9 Å². The lowest BCUT2D eigenvalue weighted by Gasteiger charge is -2.19. The molecule has 0 fully saturated rings. The molecule has 0 aliphatic carbocycles. The molecule has 3 rings (SSSR count). The van der Waals surface area contributed by atoms with Gasteiger partial charge in [0.2, 0.25) is 0 Å². The maximum Gasteiger partial charge on any atom is 0.323 e. The van der Waals surface area contributed by atoms with Gasteiger partial charge in [0.05, 0.1) is 12.1 Å². The number of halogens is 1. The Morgan fingerprint density at radius 3 is 2.73 bits per heavy atom. The van der Waals surface area contributed by atoms with Gasteiger partial charge >= 0.3 is 5.97 Å². The van der Waals surface area contributed by atoms with Crippen LogP contribution in [0.5, 0.6) is 0 Å². The fourth-order valence-electron chi connectivity index (χ4n) is 2.67. The van der Waals surface area contributed by atoms with E-state index in [2.05, 4.69) is 21.0 Å². The van der Waals surface area contributed by atoms with Crippen molar-refractivity contribution < 1.29 is 14.7 Å². The Kier molecular flexibility index (Phi) is 3.32. The van der Waals surface area contributed by atoms with Crippen molar-refractivity contribution >= 4 is 33.5 Å². The molecule has 0 radical (unpaired) electrons. The van der Waals surface area contributed by atoms with E-state index in [0.29, 0.717) is 4.60 Å². The predicted molar refractivity (Wildman–Crippen MR) is 79.8 cm³/mol. The zero-order chi connectivity index (χ0) is 16.2. The van der Waals surface area contributed by atoms with E-state index < -0.39 is 18.1 Å². The van der Waals surface area contributed by atoms with Crippen LogP contribution in [-0.2, 0) is 17.9 Å². The first kappa shape index (κ1) is 14.8. The van der Waals surface area contributed by atoms with E-state index in [0.717, 1.165) is 4.52 Å². The van der Waals surface area contributed by atoms with Crippen LogP contribution in [0.4, 0.5) is 0 Å². The van der Waals surface area contributed by atoms with Crippen molar-refractivity contribution in [3.63, 3.8) is 0 Å². The fourth-order valence-corrected chi connectivity index (χ4v) is 3.03. The second kappa shape index (κ2) is 4.94. The van der Waals surface area contributed by atoms with Gasteiger partial charge in [-0.2, -0.15) is 9.61 Å². The molecule has 8 nitrogen and oxygen atoms in total. The number of aromatic nitrogens is 3. The number of carboxylic acid groups (broad SMARTS) is 1. The molecular formula is C13H13BrN4O4. The Labute approximate surface area is 133 Å². The van der Waals surface area contributed by atoms with Crippen LogP contribution in [0.25, 0.3) is 5.65 Å². The minimum absolute atomic E-state index is 0.0864. The molecule has 0 bridgehead atoms. The third kappa shape index (κ3) is 2.04. The van der Waals surface area contributed by atoms with Crippen molar-refractivity contribution in [3.8, 4) is 0 Å². The number of nitrogens with zero attached hydrogens (tertiary/aromatic N) is 4. The monoisotopic (exact) mass is 368 g/mol. The van der Waals surface area contributed by atoms with Crippen LogP contribution in [0.3, 0.4) is 0 Å². The normalized spacial score (nSPS) is 14.2. The summed E-state index contributed by atoms with van der Waals surface area (Å²) in [5.41, 5.74) is 0.301. The number of amides is 1. The molecule has 22 heavy (non-hydrogen) atoms. The lowest BCUT2D eigenvalue weighted by Crippen LogP contribution is -2.32. The molecule has 0 saturated carbocycles. The number of hydrogen-bond acceptors (Lipinski definition) is 4. The summed E-state index contributed by atoms with van der Waals surface area (Å²) in [5.74, 6) is -1.43. The maximum atomic E-state index is 12.6. The minimum atomic E-state index is -1.10. The van der Waals surface area contributed by atoms with E-state index in [1.807, 2.05) is 13.8 Å². The summed E-state index contributed by atoms with van der Waals surface area (Å²) < 4.78 is 2.87. The van der Waals surface area contributed by atoms with Crippen molar-refractivity contribution in [2.75, 3.05) is 0 Å². The lowest BCUT2D eigenvalue weighted by atomic mass is 10.2. The molecule has 0 saturated heterocycles. The molecule has 116 valence electrons. The second-order valence-corrected chi connectivity index (χ2v) is 6.19. The van der Waals surface area contributed by atoms with Crippen LogP contribution in [-0.4, -0.2) is 42.1 Å². The first-order chi connectivity index (χ1) is 10.3. The fraction of sp³-hybridized carbons (Fsp3) is 0.385. The largest absolute Gasteiger partial charge is 0.480 e. The number of rotatable bonds is 3. The van der Waals surface area contributed by atoms with Crippen LogP contribution in [0.2, 0.25) is 0 Å². The van der Waals surface area contributed by atoms with Gasteiger partial charge in [0.25, 0.3) is 11.5 Å². The Bertz CT molecular complexity index is 867. The van der Waals surface area contributed by atoms with Crippen LogP contribution in [0.15, 0.2) is 15.5 Å². The van der Waals surface area contributed by atoms with Gasteiger partial charge in [0.1, 0.15) is 22.5 Å². The molecule has 9 heteroatoms. The zero-order valence-electron chi connectivity index (χ0n) is 11.9. The van der Waals surface area contributed by atoms with Gasteiger partial charge in [0.15, 0.2) is 0 Å². The first-order valence-electron chi connectivity index (χ1n) is 6.65.